The predicted octanol–water partition coefficient (Wildman–Crippen LogP) is 6.22. The first-order valence-corrected chi connectivity index (χ1v) is 14.3. The molecule has 3 aromatic rings. The first-order valence-electron chi connectivity index (χ1n) is 14.3. The van der Waals surface area contributed by atoms with Crippen molar-refractivity contribution >= 4 is 11.6 Å². The summed E-state index contributed by atoms with van der Waals surface area (Å²) in [6.07, 6.45) is 0.971. The number of imidazole rings is 1. The number of aromatic nitrogens is 4. The van der Waals surface area contributed by atoms with Crippen molar-refractivity contribution in [3.63, 3.8) is 0 Å². The van der Waals surface area contributed by atoms with E-state index in [9.17, 15) is 26.3 Å². The van der Waals surface area contributed by atoms with Gasteiger partial charge in [0.2, 0.25) is 0 Å². The standard InChI is InChI=1S/C29H35F6N7/c1-3-21-25(36-2)37-18-38-27(21)41-11-7-19(8-12-41)26-39-24(20-5-6-22(23(30)15-20)29(33,34)35)16-42(26)14-13-40-10-4-9-28(31,32)17-40/h5-6,15-16,18-19H,3-4,7-14,17H2,1-2H3,(H,36,37,38). The normalized spacial score (nSPS) is 18.4. The van der Waals surface area contributed by atoms with Crippen LogP contribution in [0.5, 0.6) is 0 Å². The van der Waals surface area contributed by atoms with Gasteiger partial charge in [0.1, 0.15) is 29.6 Å². The third-order valence-corrected chi connectivity index (χ3v) is 8.18. The van der Waals surface area contributed by atoms with Gasteiger partial charge in [-0.25, -0.2) is 28.1 Å². The van der Waals surface area contributed by atoms with Crippen molar-refractivity contribution in [3.05, 3.63) is 53.5 Å². The Morgan fingerprint density at radius 3 is 2.48 bits per heavy atom. The Labute approximate surface area is 241 Å². The van der Waals surface area contributed by atoms with Gasteiger partial charge in [0, 0.05) is 62.9 Å². The summed E-state index contributed by atoms with van der Waals surface area (Å²) in [7, 11) is 1.82. The van der Waals surface area contributed by atoms with Gasteiger partial charge < -0.3 is 14.8 Å². The third kappa shape index (κ3) is 6.50. The summed E-state index contributed by atoms with van der Waals surface area (Å²) in [6.45, 7) is 4.49. The van der Waals surface area contributed by atoms with E-state index < -0.39 is 23.5 Å². The Kier molecular flexibility index (Phi) is 8.68. The number of likely N-dealkylation sites (tertiary alicyclic amines) is 1. The van der Waals surface area contributed by atoms with Crippen LogP contribution in [0, 0.1) is 5.82 Å². The first kappa shape index (κ1) is 30.1. The first-order chi connectivity index (χ1) is 20.0. The summed E-state index contributed by atoms with van der Waals surface area (Å²) < 4.78 is 83.8. The minimum atomic E-state index is -4.80. The fraction of sp³-hybridized carbons (Fsp3) is 0.552. The Morgan fingerprint density at radius 1 is 1.07 bits per heavy atom. The van der Waals surface area contributed by atoms with Crippen LogP contribution in [-0.4, -0.2) is 70.1 Å². The van der Waals surface area contributed by atoms with Crippen LogP contribution in [-0.2, 0) is 19.1 Å². The third-order valence-electron chi connectivity index (χ3n) is 8.18. The van der Waals surface area contributed by atoms with Crippen molar-refractivity contribution < 1.29 is 26.3 Å². The molecule has 42 heavy (non-hydrogen) atoms. The smallest absolute Gasteiger partial charge is 0.373 e. The number of nitrogens with one attached hydrogen (secondary N) is 1. The largest absolute Gasteiger partial charge is 0.419 e. The number of benzene rings is 1. The summed E-state index contributed by atoms with van der Waals surface area (Å²) in [5, 5.41) is 3.12. The van der Waals surface area contributed by atoms with E-state index in [1.807, 2.05) is 11.6 Å². The zero-order valence-electron chi connectivity index (χ0n) is 23.7. The highest BCUT2D eigenvalue weighted by Crippen LogP contribution is 2.36. The van der Waals surface area contributed by atoms with Crippen LogP contribution in [0.4, 0.5) is 38.0 Å². The van der Waals surface area contributed by atoms with E-state index in [1.165, 1.54) is 6.07 Å². The summed E-state index contributed by atoms with van der Waals surface area (Å²) in [6, 6.07) is 2.80. The number of anilines is 2. The zero-order chi connectivity index (χ0) is 30.1. The molecule has 1 N–H and O–H groups in total. The van der Waals surface area contributed by atoms with Crippen LogP contribution < -0.4 is 10.2 Å². The molecule has 5 rings (SSSR count). The van der Waals surface area contributed by atoms with E-state index in [0.29, 0.717) is 44.8 Å². The molecule has 0 unspecified atom stereocenters. The topological polar surface area (TPSA) is 62.1 Å². The second-order valence-electron chi connectivity index (χ2n) is 11.0. The van der Waals surface area contributed by atoms with E-state index in [4.69, 9.17) is 4.98 Å². The van der Waals surface area contributed by atoms with E-state index in [2.05, 4.69) is 27.1 Å². The minimum absolute atomic E-state index is 0.0211. The van der Waals surface area contributed by atoms with Crippen molar-refractivity contribution in [3.8, 4) is 11.3 Å². The van der Waals surface area contributed by atoms with Gasteiger partial charge in [0.15, 0.2) is 0 Å². The van der Waals surface area contributed by atoms with Gasteiger partial charge in [0.05, 0.1) is 17.8 Å². The molecular formula is C29H35F6N7. The van der Waals surface area contributed by atoms with Gasteiger partial charge in [-0.05, 0) is 44.4 Å². The number of alkyl halides is 5. The van der Waals surface area contributed by atoms with Crippen molar-refractivity contribution in [1.82, 2.24) is 24.4 Å². The summed E-state index contributed by atoms with van der Waals surface area (Å²) in [5.41, 5.74) is 0.286. The molecule has 2 saturated heterocycles. The van der Waals surface area contributed by atoms with Crippen LogP contribution in [0.2, 0.25) is 0 Å². The van der Waals surface area contributed by atoms with Crippen LogP contribution in [0.3, 0.4) is 0 Å². The lowest BCUT2D eigenvalue weighted by atomic mass is 9.95. The number of rotatable bonds is 8. The molecule has 1 aromatic carbocycles. The summed E-state index contributed by atoms with van der Waals surface area (Å²) in [4.78, 5) is 17.6. The van der Waals surface area contributed by atoms with Crippen LogP contribution in [0.25, 0.3) is 11.3 Å². The van der Waals surface area contributed by atoms with Gasteiger partial charge in [-0.2, -0.15) is 13.2 Å². The Hall–Kier alpha value is -3.35. The molecule has 2 aliphatic heterocycles. The van der Waals surface area contributed by atoms with Gasteiger partial charge >= 0.3 is 6.18 Å². The van der Waals surface area contributed by atoms with E-state index in [1.54, 1.807) is 17.4 Å². The molecule has 0 radical (unpaired) electrons. The zero-order valence-corrected chi connectivity index (χ0v) is 23.7. The molecule has 0 atom stereocenters. The van der Waals surface area contributed by atoms with Gasteiger partial charge in [0.25, 0.3) is 5.92 Å². The van der Waals surface area contributed by atoms with Gasteiger partial charge in [-0.1, -0.05) is 13.0 Å². The summed E-state index contributed by atoms with van der Waals surface area (Å²) in [5.74, 6) is -1.67. The molecule has 13 heteroatoms. The highest BCUT2D eigenvalue weighted by atomic mass is 19.4. The average molecular weight is 596 g/mol. The highest BCUT2D eigenvalue weighted by Gasteiger charge is 2.36. The number of hydrogen-bond donors (Lipinski definition) is 1. The maximum atomic E-state index is 14.4. The fourth-order valence-corrected chi connectivity index (χ4v) is 6.03. The van der Waals surface area contributed by atoms with Crippen molar-refractivity contribution in [1.29, 1.82) is 0 Å². The molecule has 2 aliphatic rings. The lowest BCUT2D eigenvalue weighted by molar-refractivity contribution is -0.139. The molecule has 0 saturated carbocycles. The van der Waals surface area contributed by atoms with Crippen molar-refractivity contribution in [2.45, 2.75) is 63.6 Å². The Balaban J connectivity index is 1.39. The highest BCUT2D eigenvalue weighted by molar-refractivity contribution is 5.60. The lowest BCUT2D eigenvalue weighted by Crippen LogP contribution is -2.43. The second kappa shape index (κ2) is 12.1. The van der Waals surface area contributed by atoms with E-state index in [0.717, 1.165) is 54.4 Å². The Bertz CT molecular complexity index is 1380. The molecule has 0 amide bonds. The Morgan fingerprint density at radius 2 is 1.83 bits per heavy atom. The lowest BCUT2D eigenvalue weighted by Gasteiger charge is -2.34. The number of halogens is 6. The molecule has 0 bridgehead atoms. The monoisotopic (exact) mass is 595 g/mol. The number of nitrogens with zero attached hydrogens (tertiary/aromatic N) is 6. The maximum Gasteiger partial charge on any atom is 0.419 e. The molecule has 0 spiro atoms. The van der Waals surface area contributed by atoms with Crippen LogP contribution in [0.1, 0.15) is 55.5 Å². The molecule has 7 nitrogen and oxygen atoms in total. The predicted molar refractivity (Wildman–Crippen MR) is 148 cm³/mol. The average Bonchev–Trinajstić information content (AvgIpc) is 3.39. The summed E-state index contributed by atoms with van der Waals surface area (Å²) >= 11 is 0. The van der Waals surface area contributed by atoms with E-state index in [-0.39, 0.29) is 24.4 Å². The van der Waals surface area contributed by atoms with Crippen molar-refractivity contribution in [2.75, 3.05) is 50.0 Å². The van der Waals surface area contributed by atoms with Crippen molar-refractivity contribution in [2.24, 2.45) is 0 Å². The SMILES string of the molecule is CCc1c(NC)ncnc1N1CCC(c2nc(-c3ccc(C(F)(F)F)c(F)c3)cn2CCN2CCCC(F)(F)C2)CC1. The van der Waals surface area contributed by atoms with Gasteiger partial charge in [-0.3, -0.25) is 4.90 Å². The molecule has 228 valence electrons. The number of piperidine rings is 2. The van der Waals surface area contributed by atoms with Crippen LogP contribution in [0.15, 0.2) is 30.7 Å². The maximum absolute atomic E-state index is 14.4. The van der Waals surface area contributed by atoms with E-state index >= 15 is 0 Å². The number of hydrogen-bond acceptors (Lipinski definition) is 6. The molecule has 0 aliphatic carbocycles. The minimum Gasteiger partial charge on any atom is -0.373 e. The molecule has 2 fully saturated rings. The quantitative estimate of drug-likeness (QED) is 0.312. The second-order valence-corrected chi connectivity index (χ2v) is 11.0. The molecule has 2 aromatic heterocycles. The van der Waals surface area contributed by atoms with Crippen LogP contribution >= 0.6 is 0 Å². The van der Waals surface area contributed by atoms with Gasteiger partial charge in [-0.15, -0.1) is 0 Å². The fourth-order valence-electron chi connectivity index (χ4n) is 6.03. The molecule has 4 heterocycles. The molecular weight excluding hydrogens is 560 g/mol.